The van der Waals surface area contributed by atoms with E-state index in [9.17, 15) is 0 Å². The van der Waals surface area contributed by atoms with Crippen molar-refractivity contribution in [3.8, 4) is 5.75 Å². The standard InChI is InChI=1S/C15H18ClNOS/c1-10-4-6-13(11(2)17-3)14(8-10)18-9-12-5-7-15(16)19-12/h4-8,11,17H,9H2,1-3H3. The van der Waals surface area contributed by atoms with Crippen LogP contribution < -0.4 is 10.1 Å². The maximum absolute atomic E-state index is 5.95. The number of hydrogen-bond donors (Lipinski definition) is 1. The summed E-state index contributed by atoms with van der Waals surface area (Å²) in [6.07, 6.45) is 0. The minimum atomic E-state index is 0.266. The second-order valence-electron chi connectivity index (χ2n) is 4.55. The highest BCUT2D eigenvalue weighted by molar-refractivity contribution is 7.16. The third-order valence-corrected chi connectivity index (χ3v) is 4.27. The minimum absolute atomic E-state index is 0.266. The zero-order valence-corrected chi connectivity index (χ0v) is 12.9. The lowest BCUT2D eigenvalue weighted by molar-refractivity contribution is 0.303. The van der Waals surface area contributed by atoms with E-state index in [4.69, 9.17) is 16.3 Å². The van der Waals surface area contributed by atoms with Crippen LogP contribution in [0, 0.1) is 6.92 Å². The highest BCUT2D eigenvalue weighted by atomic mass is 35.5. The number of halogens is 1. The van der Waals surface area contributed by atoms with Crippen LogP contribution in [0.2, 0.25) is 4.34 Å². The molecule has 2 rings (SSSR count). The van der Waals surface area contributed by atoms with Gasteiger partial charge in [-0.05, 0) is 44.7 Å². The first-order valence-electron chi connectivity index (χ1n) is 6.25. The maximum Gasteiger partial charge on any atom is 0.124 e. The average Bonchev–Trinajstić information content (AvgIpc) is 2.81. The summed E-state index contributed by atoms with van der Waals surface area (Å²) in [6.45, 7) is 4.76. The molecule has 0 saturated carbocycles. The normalized spacial score (nSPS) is 12.4. The van der Waals surface area contributed by atoms with Gasteiger partial charge in [0.15, 0.2) is 0 Å². The zero-order chi connectivity index (χ0) is 13.8. The first kappa shape index (κ1) is 14.4. The molecule has 1 aromatic carbocycles. The van der Waals surface area contributed by atoms with Crippen LogP contribution in [0.5, 0.6) is 5.75 Å². The molecule has 0 saturated heterocycles. The Labute approximate surface area is 123 Å². The third kappa shape index (κ3) is 3.72. The van der Waals surface area contributed by atoms with Crippen molar-refractivity contribution in [1.29, 1.82) is 0 Å². The van der Waals surface area contributed by atoms with Crippen LogP contribution in [-0.2, 0) is 6.61 Å². The van der Waals surface area contributed by atoms with Crippen LogP contribution >= 0.6 is 22.9 Å². The summed E-state index contributed by atoms with van der Waals surface area (Å²) in [5, 5.41) is 3.24. The van der Waals surface area contributed by atoms with Crippen LogP contribution in [0.1, 0.15) is 29.0 Å². The van der Waals surface area contributed by atoms with E-state index in [1.54, 1.807) is 11.3 Å². The van der Waals surface area contributed by atoms with Crippen LogP contribution in [0.25, 0.3) is 0 Å². The molecule has 1 heterocycles. The Morgan fingerprint density at radius 3 is 2.74 bits per heavy atom. The highest BCUT2D eigenvalue weighted by Gasteiger charge is 2.10. The van der Waals surface area contributed by atoms with Crippen molar-refractivity contribution < 1.29 is 4.74 Å². The SMILES string of the molecule is CNC(C)c1ccc(C)cc1OCc1ccc(Cl)s1. The fraction of sp³-hybridized carbons (Fsp3) is 0.333. The molecule has 0 aliphatic heterocycles. The molecule has 2 aromatic rings. The Morgan fingerprint density at radius 2 is 2.11 bits per heavy atom. The minimum Gasteiger partial charge on any atom is -0.488 e. The third-order valence-electron chi connectivity index (χ3n) is 3.07. The second-order valence-corrected chi connectivity index (χ2v) is 6.35. The first-order chi connectivity index (χ1) is 9.10. The van der Waals surface area contributed by atoms with Gasteiger partial charge in [0.05, 0.1) is 4.34 Å². The number of ether oxygens (including phenoxy) is 1. The lowest BCUT2D eigenvalue weighted by atomic mass is 10.1. The Kier molecular flexibility index (Phi) is 4.86. The smallest absolute Gasteiger partial charge is 0.124 e. The molecule has 1 aromatic heterocycles. The van der Waals surface area contributed by atoms with Crippen molar-refractivity contribution in [1.82, 2.24) is 5.32 Å². The van der Waals surface area contributed by atoms with Crippen molar-refractivity contribution in [2.45, 2.75) is 26.5 Å². The van der Waals surface area contributed by atoms with Gasteiger partial charge in [0.25, 0.3) is 0 Å². The average molecular weight is 296 g/mol. The van der Waals surface area contributed by atoms with Crippen LogP contribution in [0.4, 0.5) is 0 Å². The fourth-order valence-electron chi connectivity index (χ4n) is 1.86. The Balaban J connectivity index is 2.16. The summed E-state index contributed by atoms with van der Waals surface area (Å²) in [5.41, 5.74) is 2.38. The monoisotopic (exact) mass is 295 g/mol. The van der Waals surface area contributed by atoms with Crippen molar-refractivity contribution in [3.05, 3.63) is 50.7 Å². The van der Waals surface area contributed by atoms with Gasteiger partial charge in [0.1, 0.15) is 12.4 Å². The Morgan fingerprint density at radius 1 is 1.32 bits per heavy atom. The molecule has 0 amide bonds. The predicted molar refractivity (Wildman–Crippen MR) is 82.3 cm³/mol. The number of hydrogen-bond acceptors (Lipinski definition) is 3. The maximum atomic E-state index is 5.95. The number of rotatable bonds is 5. The topological polar surface area (TPSA) is 21.3 Å². The van der Waals surface area contributed by atoms with Gasteiger partial charge in [-0.15, -0.1) is 11.3 Å². The van der Waals surface area contributed by atoms with E-state index >= 15 is 0 Å². The summed E-state index contributed by atoms with van der Waals surface area (Å²) >= 11 is 7.48. The van der Waals surface area contributed by atoms with E-state index in [0.29, 0.717) is 6.61 Å². The van der Waals surface area contributed by atoms with E-state index in [1.165, 1.54) is 11.1 Å². The number of aryl methyl sites for hydroxylation is 1. The van der Waals surface area contributed by atoms with Crippen molar-refractivity contribution in [2.75, 3.05) is 7.05 Å². The summed E-state index contributed by atoms with van der Waals surface area (Å²) in [7, 11) is 1.95. The van der Waals surface area contributed by atoms with Crippen molar-refractivity contribution in [2.24, 2.45) is 0 Å². The molecule has 0 aliphatic rings. The van der Waals surface area contributed by atoms with Gasteiger partial charge in [-0.2, -0.15) is 0 Å². The summed E-state index contributed by atoms with van der Waals surface area (Å²) < 4.78 is 6.75. The van der Waals surface area contributed by atoms with Gasteiger partial charge in [0.2, 0.25) is 0 Å². The first-order valence-corrected chi connectivity index (χ1v) is 7.44. The molecule has 0 aliphatic carbocycles. The molecule has 0 fully saturated rings. The summed E-state index contributed by atoms with van der Waals surface area (Å²) in [5.74, 6) is 0.936. The summed E-state index contributed by atoms with van der Waals surface area (Å²) in [6, 6.07) is 10.5. The van der Waals surface area contributed by atoms with Gasteiger partial charge in [-0.1, -0.05) is 23.7 Å². The lowest BCUT2D eigenvalue weighted by Crippen LogP contribution is -2.13. The second kappa shape index (κ2) is 6.42. The zero-order valence-electron chi connectivity index (χ0n) is 11.4. The van der Waals surface area contributed by atoms with E-state index in [-0.39, 0.29) is 6.04 Å². The summed E-state index contributed by atoms with van der Waals surface area (Å²) in [4.78, 5) is 1.13. The van der Waals surface area contributed by atoms with E-state index < -0.39 is 0 Å². The number of benzene rings is 1. The van der Waals surface area contributed by atoms with Crippen molar-refractivity contribution in [3.63, 3.8) is 0 Å². The largest absolute Gasteiger partial charge is 0.488 e. The van der Waals surface area contributed by atoms with Crippen LogP contribution in [-0.4, -0.2) is 7.05 Å². The van der Waals surface area contributed by atoms with E-state index in [1.807, 2.05) is 19.2 Å². The lowest BCUT2D eigenvalue weighted by Gasteiger charge is -2.17. The number of thiophene rings is 1. The Bertz CT molecular complexity index is 553. The predicted octanol–water partition coefficient (Wildman–Crippen LogP) is 4.57. The van der Waals surface area contributed by atoms with Gasteiger partial charge in [0, 0.05) is 16.5 Å². The molecule has 1 N–H and O–H groups in total. The molecule has 4 heteroatoms. The fourth-order valence-corrected chi connectivity index (χ4v) is 2.86. The van der Waals surface area contributed by atoms with E-state index in [2.05, 4.69) is 37.4 Å². The van der Waals surface area contributed by atoms with Crippen LogP contribution in [0.3, 0.4) is 0 Å². The van der Waals surface area contributed by atoms with Gasteiger partial charge in [-0.25, -0.2) is 0 Å². The molecule has 0 radical (unpaired) electrons. The van der Waals surface area contributed by atoms with Crippen LogP contribution in [0.15, 0.2) is 30.3 Å². The molecular formula is C15H18ClNOS. The van der Waals surface area contributed by atoms with Gasteiger partial charge < -0.3 is 10.1 Å². The molecule has 102 valence electrons. The Hall–Kier alpha value is -1.03. The van der Waals surface area contributed by atoms with Gasteiger partial charge in [-0.3, -0.25) is 0 Å². The molecule has 0 spiro atoms. The molecule has 1 unspecified atom stereocenters. The highest BCUT2D eigenvalue weighted by Crippen LogP contribution is 2.28. The van der Waals surface area contributed by atoms with Crippen molar-refractivity contribution >= 4 is 22.9 Å². The molecule has 1 atom stereocenters. The number of nitrogens with one attached hydrogen (secondary N) is 1. The van der Waals surface area contributed by atoms with Gasteiger partial charge >= 0.3 is 0 Å². The molecule has 2 nitrogen and oxygen atoms in total. The molecule has 0 bridgehead atoms. The molecule has 19 heavy (non-hydrogen) atoms. The molecular weight excluding hydrogens is 278 g/mol. The van der Waals surface area contributed by atoms with E-state index in [0.717, 1.165) is 15.0 Å². The quantitative estimate of drug-likeness (QED) is 0.872.